The van der Waals surface area contributed by atoms with E-state index in [2.05, 4.69) is 0 Å². The number of imide groups is 1. The summed E-state index contributed by atoms with van der Waals surface area (Å²) in [6, 6.07) is 11.7. The Hall–Kier alpha value is -2.78. The molecule has 4 rings (SSSR count). The smallest absolute Gasteiger partial charge is 0.416 e. The van der Waals surface area contributed by atoms with E-state index in [9.17, 15) is 22.8 Å². The number of amides is 2. The number of halogens is 3. The van der Waals surface area contributed by atoms with Gasteiger partial charge in [0.05, 0.1) is 34.6 Å². The van der Waals surface area contributed by atoms with Crippen LogP contribution < -0.4 is 0 Å². The standard InChI is InChI=1S/C21H14F3NO3S2/c22-21(23,24)14-5-1-4-13(10-14)11-25-19(26)17(16-7-3-9-29-16)18(20(25)27)30-12-15-6-2-8-28-15/h1-10H,11-12H2. The third kappa shape index (κ3) is 4.08. The molecule has 0 unspecified atom stereocenters. The molecule has 0 bridgehead atoms. The van der Waals surface area contributed by atoms with Gasteiger partial charge in [0, 0.05) is 4.88 Å². The molecule has 30 heavy (non-hydrogen) atoms. The molecule has 0 radical (unpaired) electrons. The van der Waals surface area contributed by atoms with Crippen molar-refractivity contribution in [2.75, 3.05) is 0 Å². The molecule has 9 heteroatoms. The van der Waals surface area contributed by atoms with E-state index >= 15 is 0 Å². The first-order valence-electron chi connectivity index (χ1n) is 8.80. The van der Waals surface area contributed by atoms with Crippen LogP contribution in [-0.2, 0) is 28.1 Å². The molecule has 1 aromatic carbocycles. The average molecular weight is 449 g/mol. The van der Waals surface area contributed by atoms with Gasteiger partial charge in [0.2, 0.25) is 0 Å². The minimum atomic E-state index is -4.50. The number of thioether (sulfide) groups is 1. The van der Waals surface area contributed by atoms with Crippen molar-refractivity contribution in [1.29, 1.82) is 0 Å². The normalized spacial score (nSPS) is 14.8. The van der Waals surface area contributed by atoms with Crippen LogP contribution in [0, 0.1) is 0 Å². The Balaban J connectivity index is 1.62. The number of furan rings is 1. The SMILES string of the molecule is O=C1C(SCc2ccco2)=C(c2cccs2)C(=O)N1Cc1cccc(C(F)(F)F)c1. The second kappa shape index (κ2) is 8.16. The summed E-state index contributed by atoms with van der Waals surface area (Å²) in [6.07, 6.45) is -2.98. The third-order valence-electron chi connectivity index (χ3n) is 4.43. The van der Waals surface area contributed by atoms with Crippen molar-refractivity contribution >= 4 is 40.5 Å². The summed E-state index contributed by atoms with van der Waals surface area (Å²) >= 11 is 2.51. The Labute approximate surface area is 178 Å². The zero-order chi connectivity index (χ0) is 21.3. The van der Waals surface area contributed by atoms with Gasteiger partial charge < -0.3 is 4.42 Å². The molecule has 1 aliphatic rings. The lowest BCUT2D eigenvalue weighted by Crippen LogP contribution is -2.31. The molecule has 0 saturated carbocycles. The number of carbonyl (C=O) groups is 2. The van der Waals surface area contributed by atoms with E-state index in [1.165, 1.54) is 41.5 Å². The maximum atomic E-state index is 13.1. The van der Waals surface area contributed by atoms with Gasteiger partial charge in [0.25, 0.3) is 11.8 Å². The molecule has 0 aliphatic carbocycles. The quantitative estimate of drug-likeness (QED) is 0.462. The minimum Gasteiger partial charge on any atom is -0.468 e. The topological polar surface area (TPSA) is 50.5 Å². The van der Waals surface area contributed by atoms with Gasteiger partial charge >= 0.3 is 6.18 Å². The molecule has 2 aromatic heterocycles. The van der Waals surface area contributed by atoms with Crippen molar-refractivity contribution in [2.24, 2.45) is 0 Å². The van der Waals surface area contributed by atoms with Crippen LogP contribution in [0.4, 0.5) is 13.2 Å². The van der Waals surface area contributed by atoms with Crippen molar-refractivity contribution in [3.05, 3.63) is 86.8 Å². The zero-order valence-electron chi connectivity index (χ0n) is 15.3. The van der Waals surface area contributed by atoms with Crippen molar-refractivity contribution in [3.8, 4) is 0 Å². The van der Waals surface area contributed by atoms with E-state index in [4.69, 9.17) is 4.42 Å². The average Bonchev–Trinajstić information content (AvgIpc) is 3.45. The molecule has 4 nitrogen and oxygen atoms in total. The van der Waals surface area contributed by atoms with Crippen LogP contribution in [0.25, 0.3) is 5.57 Å². The van der Waals surface area contributed by atoms with E-state index < -0.39 is 23.6 Å². The Morgan fingerprint density at radius 1 is 1.03 bits per heavy atom. The highest BCUT2D eigenvalue weighted by atomic mass is 32.2. The largest absolute Gasteiger partial charge is 0.468 e. The van der Waals surface area contributed by atoms with E-state index in [0.29, 0.717) is 16.4 Å². The van der Waals surface area contributed by atoms with Crippen LogP contribution in [-0.4, -0.2) is 16.7 Å². The molecule has 154 valence electrons. The Kier molecular flexibility index (Phi) is 5.57. The van der Waals surface area contributed by atoms with Crippen molar-refractivity contribution < 1.29 is 27.2 Å². The van der Waals surface area contributed by atoms with E-state index in [0.717, 1.165) is 17.0 Å². The van der Waals surface area contributed by atoms with Gasteiger partial charge in [0.15, 0.2) is 0 Å². The molecular weight excluding hydrogens is 435 g/mol. The highest BCUT2D eigenvalue weighted by molar-refractivity contribution is 8.03. The zero-order valence-corrected chi connectivity index (χ0v) is 16.9. The molecule has 3 heterocycles. The lowest BCUT2D eigenvalue weighted by atomic mass is 10.1. The summed E-state index contributed by atoms with van der Waals surface area (Å²) in [6.45, 7) is -0.235. The first-order chi connectivity index (χ1) is 14.3. The number of hydrogen-bond acceptors (Lipinski definition) is 5. The van der Waals surface area contributed by atoms with Crippen LogP contribution in [0.1, 0.15) is 21.8 Å². The lowest BCUT2D eigenvalue weighted by molar-refractivity contribution is -0.137. The molecule has 0 spiro atoms. The maximum absolute atomic E-state index is 13.1. The number of nitrogens with zero attached hydrogens (tertiary/aromatic N) is 1. The summed E-state index contributed by atoms with van der Waals surface area (Å²) in [5.41, 5.74) is -0.314. The second-order valence-corrected chi connectivity index (χ2v) is 8.38. The van der Waals surface area contributed by atoms with Crippen LogP contribution in [0.15, 0.2) is 69.5 Å². The van der Waals surface area contributed by atoms with Gasteiger partial charge in [-0.15, -0.1) is 23.1 Å². The van der Waals surface area contributed by atoms with Gasteiger partial charge in [-0.25, -0.2) is 0 Å². The molecule has 0 N–H and O–H groups in total. The van der Waals surface area contributed by atoms with E-state index in [-0.39, 0.29) is 22.6 Å². The summed E-state index contributed by atoms with van der Waals surface area (Å²) in [7, 11) is 0. The second-order valence-electron chi connectivity index (χ2n) is 6.44. The summed E-state index contributed by atoms with van der Waals surface area (Å²) in [4.78, 5) is 28.0. The maximum Gasteiger partial charge on any atom is 0.416 e. The molecule has 2 amide bonds. The van der Waals surface area contributed by atoms with Crippen LogP contribution in [0.3, 0.4) is 0 Å². The first kappa shape index (κ1) is 20.5. The van der Waals surface area contributed by atoms with Crippen LogP contribution in [0.2, 0.25) is 0 Å². The summed E-state index contributed by atoms with van der Waals surface area (Å²) < 4.78 is 44.3. The molecular formula is C21H14F3NO3S2. The van der Waals surface area contributed by atoms with Gasteiger partial charge in [-0.05, 0) is 41.3 Å². The number of carbonyl (C=O) groups excluding carboxylic acids is 2. The van der Waals surface area contributed by atoms with Gasteiger partial charge in [-0.1, -0.05) is 18.2 Å². The molecule has 0 saturated heterocycles. The predicted molar refractivity (Wildman–Crippen MR) is 108 cm³/mol. The van der Waals surface area contributed by atoms with Gasteiger partial charge in [0.1, 0.15) is 5.76 Å². The molecule has 0 atom stereocenters. The fraction of sp³-hybridized carbons (Fsp3) is 0.143. The fourth-order valence-corrected chi connectivity index (χ4v) is 4.89. The number of hydrogen-bond donors (Lipinski definition) is 0. The minimum absolute atomic E-state index is 0.231. The third-order valence-corrected chi connectivity index (χ3v) is 6.41. The van der Waals surface area contributed by atoms with Crippen LogP contribution >= 0.6 is 23.1 Å². The predicted octanol–water partition coefficient (Wildman–Crippen LogP) is 5.57. The lowest BCUT2D eigenvalue weighted by Gasteiger charge is -2.16. The monoisotopic (exact) mass is 449 g/mol. The van der Waals surface area contributed by atoms with E-state index in [1.807, 2.05) is 0 Å². The van der Waals surface area contributed by atoms with Gasteiger partial charge in [-0.2, -0.15) is 13.2 Å². The van der Waals surface area contributed by atoms with Crippen LogP contribution in [0.5, 0.6) is 0 Å². The fourth-order valence-electron chi connectivity index (χ4n) is 3.04. The van der Waals surface area contributed by atoms with Crippen molar-refractivity contribution in [2.45, 2.75) is 18.5 Å². The number of alkyl halides is 3. The number of rotatable bonds is 6. The molecule has 3 aromatic rings. The Bertz CT molecular complexity index is 1100. The van der Waals surface area contributed by atoms with Crippen molar-refractivity contribution in [1.82, 2.24) is 4.90 Å². The Morgan fingerprint density at radius 2 is 1.87 bits per heavy atom. The van der Waals surface area contributed by atoms with Gasteiger partial charge in [-0.3, -0.25) is 14.5 Å². The molecule has 1 aliphatic heterocycles. The highest BCUT2D eigenvalue weighted by Crippen LogP contribution is 2.40. The summed E-state index contributed by atoms with van der Waals surface area (Å²) in [5, 5.41) is 1.80. The number of benzene rings is 1. The van der Waals surface area contributed by atoms with E-state index in [1.54, 1.807) is 29.6 Å². The summed E-state index contributed by atoms with van der Waals surface area (Å²) in [5.74, 6) is -0.0260. The Morgan fingerprint density at radius 3 is 2.53 bits per heavy atom. The molecule has 0 fully saturated rings. The number of thiophene rings is 1. The highest BCUT2D eigenvalue weighted by Gasteiger charge is 2.40. The van der Waals surface area contributed by atoms with Crippen molar-refractivity contribution in [3.63, 3.8) is 0 Å². The first-order valence-corrected chi connectivity index (χ1v) is 10.7.